The third-order valence-electron chi connectivity index (χ3n) is 1.42. The third kappa shape index (κ3) is 0.971. The summed E-state index contributed by atoms with van der Waals surface area (Å²) in [5.41, 5.74) is 0. The summed E-state index contributed by atoms with van der Waals surface area (Å²) in [6, 6.07) is 2.03. The fraction of sp³-hybridized carbons (Fsp3) is 0.333. The molecule has 0 saturated heterocycles. The number of hydrogen-bond acceptors (Lipinski definition) is 4. The van der Waals surface area contributed by atoms with Crippen molar-refractivity contribution >= 4 is 23.3 Å². The van der Waals surface area contributed by atoms with Crippen molar-refractivity contribution < 1.29 is 5.11 Å². The first kappa shape index (κ1) is 6.67. The average Bonchev–Trinajstić information content (AvgIpc) is 2.36. The molecule has 0 radical (unpaired) electrons. The van der Waals surface area contributed by atoms with Gasteiger partial charge in [-0.15, -0.1) is 11.3 Å². The van der Waals surface area contributed by atoms with Gasteiger partial charge < -0.3 is 5.11 Å². The van der Waals surface area contributed by atoms with Crippen LogP contribution >= 0.6 is 23.3 Å². The van der Waals surface area contributed by atoms with E-state index in [1.807, 2.05) is 11.4 Å². The molecule has 1 aromatic rings. The highest BCUT2D eigenvalue weighted by molar-refractivity contribution is 7.97. The van der Waals surface area contributed by atoms with Crippen LogP contribution in [0.4, 0.5) is 0 Å². The van der Waals surface area contributed by atoms with Gasteiger partial charge in [0, 0.05) is 16.3 Å². The van der Waals surface area contributed by atoms with Gasteiger partial charge in [0.2, 0.25) is 0 Å². The van der Waals surface area contributed by atoms with E-state index in [2.05, 4.69) is 4.72 Å². The van der Waals surface area contributed by atoms with E-state index in [1.165, 1.54) is 4.90 Å². The predicted octanol–water partition coefficient (Wildman–Crippen LogP) is 1.39. The number of aliphatic hydroxyl groups excluding tert-OH is 1. The molecule has 2 heterocycles. The minimum absolute atomic E-state index is 0.295. The van der Waals surface area contributed by atoms with Crippen molar-refractivity contribution in [3.8, 4) is 0 Å². The van der Waals surface area contributed by atoms with E-state index in [0.717, 1.165) is 4.88 Å². The van der Waals surface area contributed by atoms with Crippen LogP contribution < -0.4 is 4.72 Å². The number of β-amino-alcohol motifs (C(OH)–C–C–N with tert-alkyl or cyclic N) is 1. The largest absolute Gasteiger partial charge is 0.386 e. The molecule has 0 aromatic carbocycles. The standard InChI is InChI=1S/C6H7NOS2/c8-4-3-7-10-5-1-2-9-6(4)5/h1-2,4,7-8H,3H2. The van der Waals surface area contributed by atoms with Crippen molar-refractivity contribution in [3.05, 3.63) is 16.3 Å². The van der Waals surface area contributed by atoms with E-state index < -0.39 is 0 Å². The molecule has 0 amide bonds. The first-order valence-electron chi connectivity index (χ1n) is 3.03. The lowest BCUT2D eigenvalue weighted by Crippen LogP contribution is -2.18. The number of rotatable bonds is 0. The first-order chi connectivity index (χ1) is 4.88. The Morgan fingerprint density at radius 2 is 2.60 bits per heavy atom. The highest BCUT2D eigenvalue weighted by Gasteiger charge is 2.18. The zero-order valence-corrected chi connectivity index (χ0v) is 6.84. The van der Waals surface area contributed by atoms with Gasteiger partial charge in [-0.3, -0.25) is 4.72 Å². The molecule has 2 N–H and O–H groups in total. The lowest BCUT2D eigenvalue weighted by molar-refractivity contribution is 0.182. The fourth-order valence-electron chi connectivity index (χ4n) is 0.927. The van der Waals surface area contributed by atoms with E-state index in [1.54, 1.807) is 23.3 Å². The van der Waals surface area contributed by atoms with Crippen molar-refractivity contribution in [3.63, 3.8) is 0 Å². The number of hydrogen-bond donors (Lipinski definition) is 2. The maximum absolute atomic E-state index is 9.38. The summed E-state index contributed by atoms with van der Waals surface area (Å²) in [4.78, 5) is 2.27. The monoisotopic (exact) mass is 173 g/mol. The van der Waals surface area contributed by atoms with Gasteiger partial charge >= 0.3 is 0 Å². The van der Waals surface area contributed by atoms with Crippen LogP contribution in [-0.4, -0.2) is 11.7 Å². The third-order valence-corrected chi connectivity index (χ3v) is 3.45. The summed E-state index contributed by atoms with van der Waals surface area (Å²) in [5.74, 6) is 0. The van der Waals surface area contributed by atoms with Crippen molar-refractivity contribution in [1.29, 1.82) is 0 Å². The van der Waals surface area contributed by atoms with Gasteiger partial charge in [-0.25, -0.2) is 0 Å². The molecule has 0 spiro atoms. The number of fused-ring (bicyclic) bond motifs is 1. The van der Waals surface area contributed by atoms with Crippen molar-refractivity contribution in [2.24, 2.45) is 0 Å². The zero-order valence-electron chi connectivity index (χ0n) is 5.20. The minimum Gasteiger partial charge on any atom is -0.386 e. The lowest BCUT2D eigenvalue weighted by atomic mass is 10.3. The molecule has 2 rings (SSSR count). The van der Waals surface area contributed by atoms with Crippen molar-refractivity contribution in [1.82, 2.24) is 4.72 Å². The lowest BCUT2D eigenvalue weighted by Gasteiger charge is -2.16. The maximum Gasteiger partial charge on any atom is 0.103 e. The van der Waals surface area contributed by atoms with Gasteiger partial charge in [-0.2, -0.15) is 0 Å². The summed E-state index contributed by atoms with van der Waals surface area (Å²) in [6.07, 6.45) is -0.295. The molecule has 0 saturated carbocycles. The van der Waals surface area contributed by atoms with E-state index >= 15 is 0 Å². The minimum atomic E-state index is -0.295. The molecule has 1 aliphatic rings. The quantitative estimate of drug-likeness (QED) is 0.581. The fourth-order valence-corrected chi connectivity index (χ4v) is 2.83. The van der Waals surface area contributed by atoms with Crippen molar-refractivity contribution in [2.75, 3.05) is 6.54 Å². The summed E-state index contributed by atoms with van der Waals surface area (Å²) in [6.45, 7) is 0.665. The summed E-state index contributed by atoms with van der Waals surface area (Å²) < 4.78 is 3.05. The molecule has 1 aliphatic heterocycles. The number of aliphatic hydroxyl groups is 1. The Kier molecular flexibility index (Phi) is 1.69. The molecular formula is C6H7NOS2. The van der Waals surface area contributed by atoms with Crippen LogP contribution in [0.5, 0.6) is 0 Å². The molecular weight excluding hydrogens is 166 g/mol. The van der Waals surface area contributed by atoms with E-state index in [4.69, 9.17) is 0 Å². The molecule has 54 valence electrons. The van der Waals surface area contributed by atoms with Crippen LogP contribution in [0.15, 0.2) is 16.3 Å². The van der Waals surface area contributed by atoms with Crippen LogP contribution in [0.1, 0.15) is 11.0 Å². The molecule has 1 aromatic heterocycles. The molecule has 2 nitrogen and oxygen atoms in total. The summed E-state index contributed by atoms with van der Waals surface area (Å²) in [5, 5.41) is 11.4. The summed E-state index contributed by atoms with van der Waals surface area (Å²) in [7, 11) is 0. The van der Waals surface area contributed by atoms with Gasteiger partial charge in [0.05, 0.1) is 0 Å². The normalized spacial score (nSPS) is 24.3. The number of nitrogens with one attached hydrogen (secondary N) is 1. The number of thiophene rings is 1. The second kappa shape index (κ2) is 2.54. The van der Waals surface area contributed by atoms with Gasteiger partial charge in [-0.1, -0.05) is 0 Å². The molecule has 1 atom stereocenters. The van der Waals surface area contributed by atoms with Crippen LogP contribution in [0.3, 0.4) is 0 Å². The molecule has 0 fully saturated rings. The SMILES string of the molecule is OC1CNSc2ccsc21. The average molecular weight is 173 g/mol. The van der Waals surface area contributed by atoms with Crippen LogP contribution in [0.2, 0.25) is 0 Å². The van der Waals surface area contributed by atoms with E-state index in [0.29, 0.717) is 6.54 Å². The van der Waals surface area contributed by atoms with Gasteiger partial charge in [0.1, 0.15) is 6.10 Å². The second-order valence-corrected chi connectivity index (χ2v) is 4.00. The van der Waals surface area contributed by atoms with Crippen molar-refractivity contribution in [2.45, 2.75) is 11.0 Å². The Balaban J connectivity index is 2.41. The topological polar surface area (TPSA) is 32.3 Å². The van der Waals surface area contributed by atoms with Gasteiger partial charge in [0.25, 0.3) is 0 Å². The Labute approximate surface area is 67.4 Å². The molecule has 0 bridgehead atoms. The predicted molar refractivity (Wildman–Crippen MR) is 43.1 cm³/mol. The highest BCUT2D eigenvalue weighted by Crippen LogP contribution is 2.34. The molecule has 4 heteroatoms. The molecule has 0 aliphatic carbocycles. The Morgan fingerprint density at radius 1 is 1.70 bits per heavy atom. The Hall–Kier alpha value is -0.0300. The maximum atomic E-state index is 9.38. The van der Waals surface area contributed by atoms with Gasteiger partial charge in [-0.05, 0) is 23.4 Å². The Morgan fingerprint density at radius 3 is 3.40 bits per heavy atom. The first-order valence-corrected chi connectivity index (χ1v) is 4.72. The van der Waals surface area contributed by atoms with E-state index in [-0.39, 0.29) is 6.10 Å². The summed E-state index contributed by atoms with van der Waals surface area (Å²) >= 11 is 3.22. The highest BCUT2D eigenvalue weighted by atomic mass is 32.2. The van der Waals surface area contributed by atoms with Crippen LogP contribution in [0.25, 0.3) is 0 Å². The second-order valence-electron chi connectivity index (χ2n) is 2.12. The Bertz CT molecular complexity index is 235. The zero-order chi connectivity index (χ0) is 6.97. The van der Waals surface area contributed by atoms with Crippen LogP contribution in [-0.2, 0) is 0 Å². The van der Waals surface area contributed by atoms with E-state index in [9.17, 15) is 5.11 Å². The smallest absolute Gasteiger partial charge is 0.103 e. The molecule has 1 unspecified atom stereocenters. The van der Waals surface area contributed by atoms with Crippen LogP contribution in [0, 0.1) is 0 Å². The van der Waals surface area contributed by atoms with Gasteiger partial charge in [0.15, 0.2) is 0 Å². The molecule has 10 heavy (non-hydrogen) atoms.